The number of hydrogen-bond acceptors (Lipinski definition) is 3. The molecule has 122 valence electrons. The molecule has 5 nitrogen and oxygen atoms in total. The molecule has 0 aromatic heterocycles. The fourth-order valence-electron chi connectivity index (χ4n) is 2.70. The van der Waals surface area contributed by atoms with Crippen molar-refractivity contribution in [2.24, 2.45) is 0 Å². The lowest BCUT2D eigenvalue weighted by atomic mass is 10.1. The van der Waals surface area contributed by atoms with Gasteiger partial charge in [-0.25, -0.2) is 13.2 Å². The first-order valence-electron chi connectivity index (χ1n) is 7.72. The number of likely N-dealkylation sites (tertiary alicyclic amines) is 1. The molecule has 6 heteroatoms. The summed E-state index contributed by atoms with van der Waals surface area (Å²) in [5, 5.41) is 2.92. The zero-order valence-electron chi connectivity index (χ0n) is 13.0. The van der Waals surface area contributed by atoms with E-state index in [4.69, 9.17) is 0 Å². The lowest BCUT2D eigenvalue weighted by Gasteiger charge is -2.20. The van der Waals surface area contributed by atoms with E-state index in [-0.39, 0.29) is 11.8 Å². The predicted molar refractivity (Wildman–Crippen MR) is 87.3 cm³/mol. The molecule has 0 aliphatic carbocycles. The Morgan fingerprint density at radius 2 is 1.77 bits per heavy atom. The number of nitrogens with zero attached hydrogens (tertiary/aromatic N) is 1. The second-order valence-corrected chi connectivity index (χ2v) is 8.09. The topological polar surface area (TPSA) is 66.5 Å². The van der Waals surface area contributed by atoms with Gasteiger partial charge >= 0.3 is 6.03 Å². The molecular weight excluding hydrogens is 300 g/mol. The number of amides is 2. The highest BCUT2D eigenvalue weighted by molar-refractivity contribution is 7.89. The molecule has 0 unspecified atom stereocenters. The number of urea groups is 1. The van der Waals surface area contributed by atoms with Gasteiger partial charge in [0.2, 0.25) is 0 Å². The molecule has 1 aromatic rings. The summed E-state index contributed by atoms with van der Waals surface area (Å²) in [6, 6.07) is 7.32. The maximum Gasteiger partial charge on any atom is 0.317 e. The van der Waals surface area contributed by atoms with Crippen molar-refractivity contribution in [3.05, 3.63) is 35.4 Å². The van der Waals surface area contributed by atoms with E-state index < -0.39 is 9.84 Å². The molecule has 1 saturated heterocycles. The third-order valence-electron chi connectivity index (χ3n) is 3.76. The molecular formula is C16H24N2O3S. The lowest BCUT2D eigenvalue weighted by molar-refractivity contribution is 0.199. The first-order chi connectivity index (χ1) is 10.4. The maximum absolute atomic E-state index is 12.2. The van der Waals surface area contributed by atoms with E-state index >= 15 is 0 Å². The molecule has 0 bridgehead atoms. The van der Waals surface area contributed by atoms with Crippen LogP contribution in [0.25, 0.3) is 0 Å². The Labute approximate surface area is 132 Å². The van der Waals surface area contributed by atoms with E-state index in [1.54, 1.807) is 6.07 Å². The van der Waals surface area contributed by atoms with Crippen molar-refractivity contribution < 1.29 is 13.2 Å². The molecule has 2 rings (SSSR count). The second-order valence-electron chi connectivity index (χ2n) is 5.95. The van der Waals surface area contributed by atoms with Gasteiger partial charge in [0.25, 0.3) is 0 Å². The molecule has 1 fully saturated rings. The van der Waals surface area contributed by atoms with E-state index in [1.165, 1.54) is 19.1 Å². The molecule has 0 saturated carbocycles. The van der Waals surface area contributed by atoms with E-state index in [9.17, 15) is 13.2 Å². The minimum absolute atomic E-state index is 0.0287. The van der Waals surface area contributed by atoms with E-state index in [0.29, 0.717) is 6.54 Å². The van der Waals surface area contributed by atoms with Gasteiger partial charge in [0.15, 0.2) is 9.84 Å². The summed E-state index contributed by atoms with van der Waals surface area (Å²) in [5.74, 6) is 0.0287. The van der Waals surface area contributed by atoms with Crippen molar-refractivity contribution in [2.45, 2.75) is 38.0 Å². The number of sulfone groups is 1. The largest absolute Gasteiger partial charge is 0.334 e. The smallest absolute Gasteiger partial charge is 0.317 e. The quantitative estimate of drug-likeness (QED) is 0.924. The molecule has 1 aromatic carbocycles. The van der Waals surface area contributed by atoms with Crippen LogP contribution in [0, 0.1) is 0 Å². The molecule has 0 atom stereocenters. The average Bonchev–Trinajstić information content (AvgIpc) is 2.72. The number of rotatable bonds is 4. The van der Waals surface area contributed by atoms with Crippen LogP contribution in [0.2, 0.25) is 0 Å². The fraction of sp³-hybridized carbons (Fsp3) is 0.562. The lowest BCUT2D eigenvalue weighted by Crippen LogP contribution is -2.40. The van der Waals surface area contributed by atoms with Crippen LogP contribution in [-0.2, 0) is 22.1 Å². The third kappa shape index (κ3) is 5.67. The SMILES string of the molecule is CS(=O)(=O)Cc1cccc(CNC(=O)N2CCCCCC2)c1. The summed E-state index contributed by atoms with van der Waals surface area (Å²) in [6.45, 7) is 2.06. The van der Waals surface area contributed by atoms with Gasteiger partial charge in [-0.3, -0.25) is 0 Å². The second kappa shape index (κ2) is 7.63. The minimum Gasteiger partial charge on any atom is -0.334 e. The summed E-state index contributed by atoms with van der Waals surface area (Å²) in [4.78, 5) is 14.0. The van der Waals surface area contributed by atoms with Crippen molar-refractivity contribution in [2.75, 3.05) is 19.3 Å². The van der Waals surface area contributed by atoms with Crippen molar-refractivity contribution in [3.63, 3.8) is 0 Å². The number of benzene rings is 1. The van der Waals surface area contributed by atoms with Crippen LogP contribution in [0.15, 0.2) is 24.3 Å². The Morgan fingerprint density at radius 1 is 1.14 bits per heavy atom. The first-order valence-corrected chi connectivity index (χ1v) is 9.78. The number of hydrogen-bond donors (Lipinski definition) is 1. The van der Waals surface area contributed by atoms with Gasteiger partial charge in [-0.1, -0.05) is 37.1 Å². The van der Waals surface area contributed by atoms with Gasteiger partial charge in [-0.15, -0.1) is 0 Å². The zero-order chi connectivity index (χ0) is 16.0. The summed E-state index contributed by atoms with van der Waals surface area (Å²) >= 11 is 0. The summed E-state index contributed by atoms with van der Waals surface area (Å²) in [5.41, 5.74) is 1.67. The monoisotopic (exact) mass is 324 g/mol. The van der Waals surface area contributed by atoms with E-state index in [0.717, 1.165) is 37.1 Å². The van der Waals surface area contributed by atoms with Crippen LogP contribution in [0.3, 0.4) is 0 Å². The van der Waals surface area contributed by atoms with Crippen LogP contribution in [0.4, 0.5) is 4.79 Å². The molecule has 0 spiro atoms. The third-order valence-corrected chi connectivity index (χ3v) is 4.61. The zero-order valence-corrected chi connectivity index (χ0v) is 13.9. The maximum atomic E-state index is 12.2. The Morgan fingerprint density at radius 3 is 2.41 bits per heavy atom. The molecule has 1 N–H and O–H groups in total. The Balaban J connectivity index is 1.90. The molecule has 1 aliphatic rings. The summed E-state index contributed by atoms with van der Waals surface area (Å²) < 4.78 is 22.7. The summed E-state index contributed by atoms with van der Waals surface area (Å²) in [7, 11) is -3.04. The van der Waals surface area contributed by atoms with Crippen LogP contribution < -0.4 is 5.32 Å². The number of carbonyl (C=O) groups is 1. The number of nitrogens with one attached hydrogen (secondary N) is 1. The van der Waals surface area contributed by atoms with Gasteiger partial charge in [0.05, 0.1) is 5.75 Å². The fourth-order valence-corrected chi connectivity index (χ4v) is 3.48. The van der Waals surface area contributed by atoms with Gasteiger partial charge in [-0.05, 0) is 24.0 Å². The predicted octanol–water partition coefficient (Wildman–Crippen LogP) is 2.32. The van der Waals surface area contributed by atoms with E-state index in [2.05, 4.69) is 5.32 Å². The molecule has 0 radical (unpaired) electrons. The summed E-state index contributed by atoms with van der Waals surface area (Å²) in [6.07, 6.45) is 5.74. The molecule has 1 heterocycles. The Hall–Kier alpha value is -1.56. The first kappa shape index (κ1) is 16.8. The standard InChI is InChI=1S/C16H24N2O3S/c1-22(20,21)13-15-8-6-7-14(11-15)12-17-16(19)18-9-4-2-3-5-10-18/h6-8,11H,2-5,9-10,12-13H2,1H3,(H,17,19). The van der Waals surface area contributed by atoms with E-state index in [1.807, 2.05) is 23.1 Å². The number of carbonyl (C=O) groups excluding carboxylic acids is 1. The van der Waals surface area contributed by atoms with Crippen LogP contribution >= 0.6 is 0 Å². The highest BCUT2D eigenvalue weighted by atomic mass is 32.2. The van der Waals surface area contributed by atoms with Gasteiger partial charge in [-0.2, -0.15) is 0 Å². The Bertz CT molecular complexity index is 606. The van der Waals surface area contributed by atoms with Crippen LogP contribution in [0.1, 0.15) is 36.8 Å². The highest BCUT2D eigenvalue weighted by Crippen LogP contribution is 2.11. The van der Waals surface area contributed by atoms with Crippen LogP contribution in [-0.4, -0.2) is 38.7 Å². The molecule has 22 heavy (non-hydrogen) atoms. The van der Waals surface area contributed by atoms with Gasteiger partial charge < -0.3 is 10.2 Å². The molecule has 2 amide bonds. The van der Waals surface area contributed by atoms with Crippen molar-refractivity contribution >= 4 is 15.9 Å². The Kier molecular flexibility index (Phi) is 5.83. The van der Waals surface area contributed by atoms with Crippen molar-refractivity contribution in [1.29, 1.82) is 0 Å². The van der Waals surface area contributed by atoms with Crippen molar-refractivity contribution in [3.8, 4) is 0 Å². The van der Waals surface area contributed by atoms with Gasteiger partial charge in [0, 0.05) is 25.9 Å². The highest BCUT2D eigenvalue weighted by Gasteiger charge is 2.14. The van der Waals surface area contributed by atoms with Crippen molar-refractivity contribution in [1.82, 2.24) is 10.2 Å². The van der Waals surface area contributed by atoms with Gasteiger partial charge in [0.1, 0.15) is 0 Å². The minimum atomic E-state index is -3.04. The van der Waals surface area contributed by atoms with Crippen LogP contribution in [0.5, 0.6) is 0 Å². The average molecular weight is 324 g/mol. The normalized spacial score (nSPS) is 16.1. The molecule has 1 aliphatic heterocycles.